The lowest BCUT2D eigenvalue weighted by Crippen LogP contribution is -2.31. The SMILES string of the molecule is O=C(O)COc1cccc2c1CCC[C@H]2NS(=O)(=O)c1cc(F)cc(C(F)(F)F)c1. The van der Waals surface area contributed by atoms with Gasteiger partial charge in [-0.2, -0.15) is 13.2 Å². The highest BCUT2D eigenvalue weighted by Gasteiger charge is 2.34. The molecule has 162 valence electrons. The van der Waals surface area contributed by atoms with Gasteiger partial charge in [0.05, 0.1) is 10.5 Å². The summed E-state index contributed by atoms with van der Waals surface area (Å²) in [7, 11) is -4.47. The number of hydrogen-bond donors (Lipinski definition) is 2. The van der Waals surface area contributed by atoms with Crippen LogP contribution in [0.1, 0.15) is 35.6 Å². The summed E-state index contributed by atoms with van der Waals surface area (Å²) in [6.45, 7) is -0.573. The number of benzene rings is 2. The van der Waals surface area contributed by atoms with Gasteiger partial charge in [0.15, 0.2) is 6.61 Å². The van der Waals surface area contributed by atoms with Gasteiger partial charge >= 0.3 is 12.1 Å². The Bertz CT molecular complexity index is 1070. The molecule has 0 heterocycles. The van der Waals surface area contributed by atoms with E-state index < -0.39 is 51.1 Å². The van der Waals surface area contributed by atoms with Crippen molar-refractivity contribution in [1.82, 2.24) is 4.72 Å². The van der Waals surface area contributed by atoms with E-state index >= 15 is 0 Å². The molecule has 0 radical (unpaired) electrons. The van der Waals surface area contributed by atoms with Gasteiger partial charge in [-0.3, -0.25) is 0 Å². The molecule has 1 atom stereocenters. The number of fused-ring (bicyclic) bond motifs is 1. The van der Waals surface area contributed by atoms with E-state index in [4.69, 9.17) is 9.84 Å². The van der Waals surface area contributed by atoms with Gasteiger partial charge in [-0.25, -0.2) is 22.3 Å². The summed E-state index contributed by atoms with van der Waals surface area (Å²) in [6.07, 6.45) is -3.50. The fraction of sp³-hybridized carbons (Fsp3) is 0.316. The summed E-state index contributed by atoms with van der Waals surface area (Å²) in [5, 5.41) is 8.78. The molecular formula is C19H17F4NO5S. The van der Waals surface area contributed by atoms with Gasteiger partial charge in [-0.1, -0.05) is 12.1 Å². The summed E-state index contributed by atoms with van der Waals surface area (Å²) >= 11 is 0. The van der Waals surface area contributed by atoms with Crippen molar-refractivity contribution in [3.05, 3.63) is 58.9 Å². The quantitative estimate of drug-likeness (QED) is 0.660. The van der Waals surface area contributed by atoms with Gasteiger partial charge in [-0.05, 0) is 54.7 Å². The van der Waals surface area contributed by atoms with E-state index in [1.165, 1.54) is 0 Å². The Balaban J connectivity index is 1.92. The molecule has 2 aromatic carbocycles. The van der Waals surface area contributed by atoms with Crippen LogP contribution in [0.2, 0.25) is 0 Å². The lowest BCUT2D eigenvalue weighted by molar-refractivity contribution is -0.139. The fourth-order valence-electron chi connectivity index (χ4n) is 3.35. The van der Waals surface area contributed by atoms with Crippen LogP contribution in [0, 0.1) is 5.82 Å². The first-order valence-electron chi connectivity index (χ1n) is 8.84. The summed E-state index contributed by atoms with van der Waals surface area (Å²) in [4.78, 5) is 9.91. The van der Waals surface area contributed by atoms with Crippen LogP contribution >= 0.6 is 0 Å². The van der Waals surface area contributed by atoms with Crippen molar-refractivity contribution < 1.29 is 40.6 Å². The van der Waals surface area contributed by atoms with Crippen LogP contribution in [-0.2, 0) is 27.4 Å². The van der Waals surface area contributed by atoms with Crippen molar-refractivity contribution in [2.45, 2.75) is 36.4 Å². The maximum Gasteiger partial charge on any atom is 0.416 e. The number of carbonyl (C=O) groups is 1. The molecule has 6 nitrogen and oxygen atoms in total. The Labute approximate surface area is 169 Å². The van der Waals surface area contributed by atoms with E-state index in [9.17, 15) is 30.8 Å². The van der Waals surface area contributed by atoms with Crippen molar-refractivity contribution in [2.24, 2.45) is 0 Å². The maximum atomic E-state index is 13.7. The van der Waals surface area contributed by atoms with E-state index in [1.54, 1.807) is 18.2 Å². The lowest BCUT2D eigenvalue weighted by Gasteiger charge is -2.27. The molecule has 1 aliphatic rings. The second-order valence-corrected chi connectivity index (χ2v) is 8.46. The van der Waals surface area contributed by atoms with Crippen LogP contribution in [0.3, 0.4) is 0 Å². The monoisotopic (exact) mass is 447 g/mol. The molecule has 1 aliphatic carbocycles. The highest BCUT2D eigenvalue weighted by molar-refractivity contribution is 7.89. The predicted molar refractivity (Wildman–Crippen MR) is 97.0 cm³/mol. The molecule has 2 N–H and O–H groups in total. The first-order valence-corrected chi connectivity index (χ1v) is 10.3. The van der Waals surface area contributed by atoms with Gasteiger partial charge in [0, 0.05) is 6.04 Å². The topological polar surface area (TPSA) is 92.7 Å². The fourth-order valence-corrected chi connectivity index (χ4v) is 4.65. The Morgan fingerprint density at radius 1 is 1.23 bits per heavy atom. The first-order chi connectivity index (χ1) is 14.0. The van der Waals surface area contributed by atoms with Crippen LogP contribution in [0.15, 0.2) is 41.3 Å². The summed E-state index contributed by atoms with van der Waals surface area (Å²) in [5.74, 6) is -2.20. The van der Waals surface area contributed by atoms with Gasteiger partial charge in [0.1, 0.15) is 11.6 Å². The van der Waals surface area contributed by atoms with Crippen molar-refractivity contribution in [3.63, 3.8) is 0 Å². The molecule has 11 heteroatoms. The largest absolute Gasteiger partial charge is 0.482 e. The van der Waals surface area contributed by atoms with Crippen molar-refractivity contribution in [2.75, 3.05) is 6.61 Å². The Morgan fingerprint density at radius 2 is 1.97 bits per heavy atom. The lowest BCUT2D eigenvalue weighted by atomic mass is 9.87. The summed E-state index contributed by atoms with van der Waals surface area (Å²) < 4.78 is 85.4. The molecule has 0 aliphatic heterocycles. The van der Waals surface area contributed by atoms with Gasteiger partial charge in [0.2, 0.25) is 10.0 Å². The zero-order chi connectivity index (χ0) is 22.1. The number of alkyl halides is 3. The molecule has 30 heavy (non-hydrogen) atoms. The third-order valence-electron chi connectivity index (χ3n) is 4.62. The van der Waals surface area contributed by atoms with Crippen molar-refractivity contribution in [1.29, 1.82) is 0 Å². The van der Waals surface area contributed by atoms with Crippen molar-refractivity contribution >= 4 is 16.0 Å². The number of carboxylic acids is 1. The smallest absolute Gasteiger partial charge is 0.416 e. The van der Waals surface area contributed by atoms with E-state index in [-0.39, 0.29) is 6.07 Å². The molecule has 2 aromatic rings. The van der Waals surface area contributed by atoms with Crippen LogP contribution in [-0.4, -0.2) is 26.1 Å². The Kier molecular flexibility index (Phi) is 6.04. The minimum atomic E-state index is -4.90. The number of carboxylic acid groups (broad SMARTS) is 1. The number of rotatable bonds is 6. The van der Waals surface area contributed by atoms with Crippen LogP contribution in [0.25, 0.3) is 0 Å². The number of ether oxygens (including phenoxy) is 1. The van der Waals surface area contributed by atoms with E-state index in [0.29, 0.717) is 48.3 Å². The third kappa shape index (κ3) is 4.90. The predicted octanol–water partition coefficient (Wildman–Crippen LogP) is 3.66. The molecule has 0 unspecified atom stereocenters. The highest BCUT2D eigenvalue weighted by Crippen LogP contribution is 2.37. The van der Waals surface area contributed by atoms with E-state index in [1.807, 2.05) is 0 Å². The molecule has 0 spiro atoms. The number of aliphatic carboxylic acids is 1. The minimum absolute atomic E-state index is 0.223. The van der Waals surface area contributed by atoms with Gasteiger partial charge in [-0.15, -0.1) is 0 Å². The standard InChI is InChI=1S/C19H17F4NO5S/c20-12-7-11(19(21,22)23)8-13(9-12)30(27,28)24-16-5-1-4-15-14(16)3-2-6-17(15)29-10-18(25)26/h2-3,6-9,16,24H,1,4-5,10H2,(H,25,26)/t16-/m1/s1. The molecular weight excluding hydrogens is 430 g/mol. The first kappa shape index (κ1) is 22.0. The molecule has 0 amide bonds. The second-order valence-electron chi connectivity index (χ2n) is 6.75. The molecule has 3 rings (SSSR count). The molecule has 0 saturated heterocycles. The Hall–Kier alpha value is -2.66. The number of hydrogen-bond acceptors (Lipinski definition) is 4. The molecule has 0 fully saturated rings. The number of halogens is 4. The normalized spacial score (nSPS) is 16.7. The summed E-state index contributed by atoms with van der Waals surface area (Å²) in [6, 6.07) is 5.08. The number of nitrogens with one attached hydrogen (secondary N) is 1. The van der Waals surface area contributed by atoms with Gasteiger partial charge in [0.25, 0.3) is 0 Å². The van der Waals surface area contributed by atoms with Crippen LogP contribution in [0.4, 0.5) is 17.6 Å². The minimum Gasteiger partial charge on any atom is -0.482 e. The molecule has 0 bridgehead atoms. The molecule has 0 aromatic heterocycles. The second kappa shape index (κ2) is 8.23. The van der Waals surface area contributed by atoms with E-state index in [2.05, 4.69) is 4.72 Å². The average Bonchev–Trinajstić information content (AvgIpc) is 2.65. The third-order valence-corrected chi connectivity index (χ3v) is 6.07. The van der Waals surface area contributed by atoms with Gasteiger partial charge < -0.3 is 9.84 Å². The zero-order valence-electron chi connectivity index (χ0n) is 15.4. The van der Waals surface area contributed by atoms with Crippen LogP contribution in [0.5, 0.6) is 5.75 Å². The summed E-state index contributed by atoms with van der Waals surface area (Å²) in [5.41, 5.74) is -0.260. The average molecular weight is 447 g/mol. The zero-order valence-corrected chi connectivity index (χ0v) is 16.2. The molecule has 0 saturated carbocycles. The van der Waals surface area contributed by atoms with Crippen LogP contribution < -0.4 is 9.46 Å². The van der Waals surface area contributed by atoms with E-state index in [0.717, 1.165) is 0 Å². The number of sulfonamides is 1. The Morgan fingerprint density at radius 3 is 2.63 bits per heavy atom. The van der Waals surface area contributed by atoms with Crippen molar-refractivity contribution in [3.8, 4) is 5.75 Å². The maximum absolute atomic E-state index is 13.7. The highest BCUT2D eigenvalue weighted by atomic mass is 32.2.